The first kappa shape index (κ1) is 14.0. The standard InChI is InChI=1S/C13H13F4NO/c1-8-2-3-9(14)6-10(8)11(19)12(13(15,16)17)4-5-18-7-12/h2-3,6,18H,4-5,7H2,1H3. The molecular formula is C13H13F4NO. The minimum absolute atomic E-state index is 0.125. The predicted molar refractivity (Wildman–Crippen MR) is 61.4 cm³/mol. The van der Waals surface area contributed by atoms with Crippen LogP contribution in [-0.2, 0) is 0 Å². The van der Waals surface area contributed by atoms with Crippen LogP contribution in [0.5, 0.6) is 0 Å². The van der Waals surface area contributed by atoms with Gasteiger partial charge < -0.3 is 5.32 Å². The number of hydrogen-bond donors (Lipinski definition) is 1. The van der Waals surface area contributed by atoms with Crippen LogP contribution >= 0.6 is 0 Å². The van der Waals surface area contributed by atoms with Crippen molar-refractivity contribution >= 4 is 5.78 Å². The molecule has 1 N–H and O–H groups in total. The minimum Gasteiger partial charge on any atom is -0.315 e. The quantitative estimate of drug-likeness (QED) is 0.664. The molecule has 0 amide bonds. The Balaban J connectivity index is 2.49. The smallest absolute Gasteiger partial charge is 0.315 e. The van der Waals surface area contributed by atoms with Crippen LogP contribution in [0.4, 0.5) is 17.6 Å². The lowest BCUT2D eigenvalue weighted by Gasteiger charge is -2.29. The summed E-state index contributed by atoms with van der Waals surface area (Å²) in [5.74, 6) is -1.76. The summed E-state index contributed by atoms with van der Waals surface area (Å²) in [5.41, 5.74) is -2.28. The molecule has 1 fully saturated rings. The number of alkyl halides is 3. The molecule has 1 aromatic carbocycles. The first-order chi connectivity index (χ1) is 8.78. The Kier molecular flexibility index (Phi) is 3.38. The fourth-order valence-corrected chi connectivity index (χ4v) is 2.35. The van der Waals surface area contributed by atoms with Gasteiger partial charge in [0, 0.05) is 12.1 Å². The molecule has 6 heteroatoms. The normalized spacial score (nSPS) is 23.6. The van der Waals surface area contributed by atoms with Crippen molar-refractivity contribution in [2.75, 3.05) is 13.1 Å². The van der Waals surface area contributed by atoms with Crippen molar-refractivity contribution in [3.8, 4) is 0 Å². The van der Waals surface area contributed by atoms with E-state index in [-0.39, 0.29) is 18.5 Å². The van der Waals surface area contributed by atoms with Gasteiger partial charge in [0.05, 0.1) is 0 Å². The predicted octanol–water partition coefficient (Wildman–Crippen LogP) is 2.86. The Morgan fingerprint density at radius 2 is 2.05 bits per heavy atom. The number of carbonyl (C=O) groups is 1. The Morgan fingerprint density at radius 3 is 2.58 bits per heavy atom. The molecule has 19 heavy (non-hydrogen) atoms. The molecule has 0 bridgehead atoms. The van der Waals surface area contributed by atoms with Gasteiger partial charge in [0.2, 0.25) is 0 Å². The summed E-state index contributed by atoms with van der Waals surface area (Å²) in [4.78, 5) is 12.3. The highest BCUT2D eigenvalue weighted by atomic mass is 19.4. The molecule has 0 saturated carbocycles. The van der Waals surface area contributed by atoms with E-state index in [0.717, 1.165) is 12.1 Å². The van der Waals surface area contributed by atoms with Gasteiger partial charge in [-0.1, -0.05) is 6.07 Å². The number of benzene rings is 1. The Morgan fingerprint density at radius 1 is 1.37 bits per heavy atom. The van der Waals surface area contributed by atoms with Gasteiger partial charge in [0.1, 0.15) is 11.2 Å². The van der Waals surface area contributed by atoms with Gasteiger partial charge in [-0.15, -0.1) is 0 Å². The van der Waals surface area contributed by atoms with E-state index in [2.05, 4.69) is 5.32 Å². The highest BCUT2D eigenvalue weighted by molar-refractivity contribution is 6.02. The van der Waals surface area contributed by atoms with Crippen LogP contribution in [-0.4, -0.2) is 25.0 Å². The van der Waals surface area contributed by atoms with Gasteiger partial charge >= 0.3 is 6.18 Å². The molecule has 1 aliphatic rings. The van der Waals surface area contributed by atoms with Crippen LogP contribution < -0.4 is 5.32 Å². The average Bonchev–Trinajstić information content (AvgIpc) is 2.81. The third-order valence-corrected chi connectivity index (χ3v) is 3.58. The maximum absolute atomic E-state index is 13.2. The van der Waals surface area contributed by atoms with E-state index in [1.165, 1.54) is 13.0 Å². The van der Waals surface area contributed by atoms with Gasteiger partial charge in [-0.2, -0.15) is 13.2 Å². The maximum atomic E-state index is 13.2. The number of hydrogen-bond acceptors (Lipinski definition) is 2. The summed E-state index contributed by atoms with van der Waals surface area (Å²) in [7, 11) is 0. The summed E-state index contributed by atoms with van der Waals surface area (Å²) in [6.07, 6.45) is -4.96. The molecule has 2 rings (SSSR count). The van der Waals surface area contributed by atoms with Crippen LogP contribution in [0.25, 0.3) is 0 Å². The van der Waals surface area contributed by atoms with E-state index in [4.69, 9.17) is 0 Å². The summed E-state index contributed by atoms with van der Waals surface area (Å²) in [6.45, 7) is 1.17. The molecule has 1 aliphatic heterocycles. The van der Waals surface area contributed by atoms with E-state index < -0.39 is 29.7 Å². The number of rotatable bonds is 2. The first-order valence-electron chi connectivity index (χ1n) is 5.86. The second kappa shape index (κ2) is 4.59. The lowest BCUT2D eigenvalue weighted by molar-refractivity contribution is -0.197. The van der Waals surface area contributed by atoms with Crippen molar-refractivity contribution in [3.05, 3.63) is 35.1 Å². The van der Waals surface area contributed by atoms with Crippen LogP contribution in [0.3, 0.4) is 0 Å². The maximum Gasteiger partial charge on any atom is 0.402 e. The van der Waals surface area contributed by atoms with E-state index in [0.29, 0.717) is 5.56 Å². The molecular weight excluding hydrogens is 262 g/mol. The summed E-state index contributed by atoms with van der Waals surface area (Å²) >= 11 is 0. The third-order valence-electron chi connectivity index (χ3n) is 3.58. The molecule has 1 heterocycles. The second-order valence-electron chi connectivity index (χ2n) is 4.80. The van der Waals surface area contributed by atoms with Gasteiger partial charge in [0.25, 0.3) is 0 Å². The number of ketones is 1. The van der Waals surface area contributed by atoms with Crippen molar-refractivity contribution < 1.29 is 22.4 Å². The van der Waals surface area contributed by atoms with Gasteiger partial charge in [0.15, 0.2) is 5.78 Å². The lowest BCUT2D eigenvalue weighted by Crippen LogP contribution is -2.47. The third kappa shape index (κ3) is 2.25. The van der Waals surface area contributed by atoms with Crippen molar-refractivity contribution in [2.45, 2.75) is 19.5 Å². The molecule has 1 aromatic rings. The van der Waals surface area contributed by atoms with E-state index in [9.17, 15) is 22.4 Å². The largest absolute Gasteiger partial charge is 0.402 e. The fourth-order valence-electron chi connectivity index (χ4n) is 2.35. The number of carbonyl (C=O) groups excluding carboxylic acids is 1. The number of Topliss-reactive ketones (excluding diaryl/α,β-unsaturated/α-hetero) is 1. The van der Waals surface area contributed by atoms with Crippen molar-refractivity contribution in [1.82, 2.24) is 5.32 Å². The molecule has 1 unspecified atom stereocenters. The SMILES string of the molecule is Cc1ccc(F)cc1C(=O)C1(C(F)(F)F)CCNC1. The first-order valence-corrected chi connectivity index (χ1v) is 5.86. The molecule has 0 spiro atoms. The minimum atomic E-state index is -4.65. The molecule has 2 nitrogen and oxygen atoms in total. The zero-order valence-electron chi connectivity index (χ0n) is 10.3. The molecule has 0 aliphatic carbocycles. The van der Waals surface area contributed by atoms with Gasteiger partial charge in [-0.05, 0) is 37.6 Å². The zero-order valence-corrected chi connectivity index (χ0v) is 10.3. The van der Waals surface area contributed by atoms with Gasteiger partial charge in [-0.3, -0.25) is 4.79 Å². The Bertz CT molecular complexity index is 504. The number of halogens is 4. The Hall–Kier alpha value is -1.43. The summed E-state index contributed by atoms with van der Waals surface area (Å²) < 4.78 is 52.9. The summed E-state index contributed by atoms with van der Waals surface area (Å²) in [5, 5.41) is 2.57. The van der Waals surface area contributed by atoms with Crippen molar-refractivity contribution in [3.63, 3.8) is 0 Å². The highest BCUT2D eigenvalue weighted by Crippen LogP contribution is 2.45. The van der Waals surface area contributed by atoms with E-state index >= 15 is 0 Å². The molecule has 0 aromatic heterocycles. The molecule has 1 atom stereocenters. The number of aryl methyl sites for hydroxylation is 1. The van der Waals surface area contributed by atoms with Crippen molar-refractivity contribution in [2.24, 2.45) is 5.41 Å². The average molecular weight is 275 g/mol. The fraction of sp³-hybridized carbons (Fsp3) is 0.462. The topological polar surface area (TPSA) is 29.1 Å². The Labute approximate surface area is 107 Å². The zero-order chi connectivity index (χ0) is 14.3. The molecule has 1 saturated heterocycles. The van der Waals surface area contributed by atoms with Crippen LogP contribution in [0.1, 0.15) is 22.3 Å². The lowest BCUT2D eigenvalue weighted by atomic mass is 9.78. The summed E-state index contributed by atoms with van der Waals surface area (Å²) in [6, 6.07) is 3.32. The van der Waals surface area contributed by atoms with E-state index in [1.54, 1.807) is 0 Å². The van der Waals surface area contributed by atoms with E-state index in [1.807, 2.05) is 0 Å². The monoisotopic (exact) mass is 275 g/mol. The highest BCUT2D eigenvalue weighted by Gasteiger charge is 2.61. The van der Waals surface area contributed by atoms with Gasteiger partial charge in [-0.25, -0.2) is 4.39 Å². The molecule has 104 valence electrons. The van der Waals surface area contributed by atoms with Crippen LogP contribution in [0.15, 0.2) is 18.2 Å². The number of nitrogens with one attached hydrogen (secondary N) is 1. The van der Waals surface area contributed by atoms with Crippen LogP contribution in [0, 0.1) is 18.2 Å². The second-order valence-corrected chi connectivity index (χ2v) is 4.80. The molecule has 0 radical (unpaired) electrons. The van der Waals surface area contributed by atoms with Crippen molar-refractivity contribution in [1.29, 1.82) is 0 Å². The van der Waals surface area contributed by atoms with Crippen LogP contribution in [0.2, 0.25) is 0 Å².